The van der Waals surface area contributed by atoms with Crippen molar-refractivity contribution in [2.24, 2.45) is 0 Å². The predicted octanol–water partition coefficient (Wildman–Crippen LogP) is 1.12. The summed E-state index contributed by atoms with van der Waals surface area (Å²) in [4.78, 5) is 16.1. The van der Waals surface area contributed by atoms with Gasteiger partial charge in [-0.05, 0) is 38.0 Å². The lowest BCUT2D eigenvalue weighted by Gasteiger charge is -2.07. The monoisotopic (exact) mass is 282 g/mol. The minimum Gasteiger partial charge on any atom is -0.348 e. The standard InChI is InChI=1S/C12H18N4O2S/c17-11(14-7-8-3-2-6-19-8)10-15-12(18-16-10)9-4-1-5-13-9/h8-9,13H,1-7H2,(H,14,17). The van der Waals surface area contributed by atoms with Gasteiger partial charge in [0.05, 0.1) is 6.04 Å². The topological polar surface area (TPSA) is 80.0 Å². The van der Waals surface area contributed by atoms with Gasteiger partial charge in [-0.25, -0.2) is 0 Å². The van der Waals surface area contributed by atoms with Crippen molar-refractivity contribution < 1.29 is 9.32 Å². The first kappa shape index (κ1) is 12.9. The van der Waals surface area contributed by atoms with E-state index in [-0.39, 0.29) is 17.8 Å². The third-order valence-corrected chi connectivity index (χ3v) is 4.92. The summed E-state index contributed by atoms with van der Waals surface area (Å²) in [6.45, 7) is 1.66. The van der Waals surface area contributed by atoms with Crippen molar-refractivity contribution in [2.45, 2.75) is 37.0 Å². The molecule has 0 saturated carbocycles. The maximum absolute atomic E-state index is 11.9. The van der Waals surface area contributed by atoms with Gasteiger partial charge in [-0.3, -0.25) is 4.79 Å². The van der Waals surface area contributed by atoms with E-state index in [1.165, 1.54) is 18.6 Å². The van der Waals surface area contributed by atoms with Crippen molar-refractivity contribution >= 4 is 17.7 Å². The molecule has 1 aromatic heterocycles. The highest BCUT2D eigenvalue weighted by atomic mass is 32.2. The highest BCUT2D eigenvalue weighted by Gasteiger charge is 2.24. The fraction of sp³-hybridized carbons (Fsp3) is 0.750. The van der Waals surface area contributed by atoms with Gasteiger partial charge in [-0.1, -0.05) is 5.16 Å². The first-order valence-electron chi connectivity index (χ1n) is 6.80. The molecule has 2 unspecified atom stereocenters. The number of aromatic nitrogens is 2. The molecule has 2 saturated heterocycles. The summed E-state index contributed by atoms with van der Waals surface area (Å²) in [6, 6.07) is 0.111. The van der Waals surface area contributed by atoms with E-state index < -0.39 is 0 Å². The van der Waals surface area contributed by atoms with E-state index in [0.717, 1.165) is 19.4 Å². The molecule has 2 N–H and O–H groups in total. The first-order valence-corrected chi connectivity index (χ1v) is 7.84. The predicted molar refractivity (Wildman–Crippen MR) is 72.1 cm³/mol. The van der Waals surface area contributed by atoms with Crippen molar-refractivity contribution in [3.8, 4) is 0 Å². The quantitative estimate of drug-likeness (QED) is 0.861. The lowest BCUT2D eigenvalue weighted by molar-refractivity contribution is 0.0940. The average Bonchev–Trinajstić information content (AvgIpc) is 3.14. The van der Waals surface area contributed by atoms with E-state index >= 15 is 0 Å². The molecule has 104 valence electrons. The highest BCUT2D eigenvalue weighted by Crippen LogP contribution is 2.25. The molecule has 3 heterocycles. The van der Waals surface area contributed by atoms with Crippen LogP contribution in [0.2, 0.25) is 0 Å². The van der Waals surface area contributed by atoms with Crippen LogP contribution in [0.15, 0.2) is 4.52 Å². The Balaban J connectivity index is 1.54. The minimum absolute atomic E-state index is 0.111. The molecule has 6 nitrogen and oxygen atoms in total. The molecule has 0 aromatic carbocycles. The third-order valence-electron chi connectivity index (χ3n) is 3.52. The van der Waals surface area contributed by atoms with Gasteiger partial charge in [0, 0.05) is 11.8 Å². The molecular weight excluding hydrogens is 264 g/mol. The third kappa shape index (κ3) is 3.09. The summed E-state index contributed by atoms with van der Waals surface area (Å²) in [5.74, 6) is 1.63. The number of nitrogens with one attached hydrogen (secondary N) is 2. The van der Waals surface area contributed by atoms with Crippen molar-refractivity contribution in [2.75, 3.05) is 18.8 Å². The van der Waals surface area contributed by atoms with E-state index in [4.69, 9.17) is 4.52 Å². The fourth-order valence-electron chi connectivity index (χ4n) is 2.46. The summed E-state index contributed by atoms with van der Waals surface area (Å²) in [5.41, 5.74) is 0. The second kappa shape index (κ2) is 5.92. The van der Waals surface area contributed by atoms with Crippen molar-refractivity contribution in [1.29, 1.82) is 0 Å². The summed E-state index contributed by atoms with van der Waals surface area (Å²) in [6.07, 6.45) is 4.51. The Hall–Kier alpha value is -1.08. The van der Waals surface area contributed by atoms with Crippen molar-refractivity contribution in [3.63, 3.8) is 0 Å². The minimum atomic E-state index is -0.236. The van der Waals surface area contributed by atoms with Gasteiger partial charge in [0.2, 0.25) is 5.89 Å². The molecule has 0 aliphatic carbocycles. The number of thioether (sulfide) groups is 1. The molecular formula is C12H18N4O2S. The molecule has 2 aliphatic heterocycles. The fourth-order valence-corrected chi connectivity index (χ4v) is 3.66. The molecule has 2 fully saturated rings. The van der Waals surface area contributed by atoms with Crippen LogP contribution in [0.3, 0.4) is 0 Å². The Morgan fingerprint density at radius 2 is 2.42 bits per heavy atom. The number of nitrogens with zero attached hydrogens (tertiary/aromatic N) is 2. The Morgan fingerprint density at radius 3 is 3.16 bits per heavy atom. The van der Waals surface area contributed by atoms with Crippen LogP contribution in [0.1, 0.15) is 48.2 Å². The van der Waals surface area contributed by atoms with Crippen LogP contribution in [0.25, 0.3) is 0 Å². The number of rotatable bonds is 4. The van der Waals surface area contributed by atoms with E-state index in [2.05, 4.69) is 20.8 Å². The van der Waals surface area contributed by atoms with Gasteiger partial charge in [-0.15, -0.1) is 0 Å². The smallest absolute Gasteiger partial charge is 0.292 e. The molecule has 19 heavy (non-hydrogen) atoms. The first-order chi connectivity index (χ1) is 9.33. The average molecular weight is 282 g/mol. The van der Waals surface area contributed by atoms with E-state index in [1.807, 2.05) is 11.8 Å². The Morgan fingerprint density at radius 1 is 1.47 bits per heavy atom. The van der Waals surface area contributed by atoms with Crippen LogP contribution >= 0.6 is 11.8 Å². The maximum Gasteiger partial charge on any atom is 0.292 e. The summed E-state index contributed by atoms with van der Waals surface area (Å²) in [7, 11) is 0. The number of carbonyl (C=O) groups is 1. The molecule has 2 aliphatic rings. The van der Waals surface area contributed by atoms with Crippen LogP contribution in [0, 0.1) is 0 Å². The molecule has 0 radical (unpaired) electrons. The molecule has 0 spiro atoms. The lowest BCUT2D eigenvalue weighted by atomic mass is 10.2. The Kier molecular flexibility index (Phi) is 4.03. The SMILES string of the molecule is O=C(NCC1CCCS1)c1noc(C2CCCN2)n1. The second-order valence-corrected chi connectivity index (χ2v) is 6.36. The van der Waals surface area contributed by atoms with Crippen molar-refractivity contribution in [1.82, 2.24) is 20.8 Å². The summed E-state index contributed by atoms with van der Waals surface area (Å²) in [5, 5.41) is 10.4. The largest absolute Gasteiger partial charge is 0.348 e. The van der Waals surface area contributed by atoms with Crippen LogP contribution in [-0.2, 0) is 0 Å². The van der Waals surface area contributed by atoms with Gasteiger partial charge in [0.1, 0.15) is 0 Å². The number of carbonyl (C=O) groups excluding carboxylic acids is 1. The van der Waals surface area contributed by atoms with Gasteiger partial charge in [0.25, 0.3) is 11.7 Å². The summed E-state index contributed by atoms with van der Waals surface area (Å²) >= 11 is 1.92. The molecule has 0 bridgehead atoms. The van der Waals surface area contributed by atoms with E-state index in [0.29, 0.717) is 17.7 Å². The zero-order valence-electron chi connectivity index (χ0n) is 10.7. The van der Waals surface area contributed by atoms with E-state index in [1.54, 1.807) is 0 Å². The lowest BCUT2D eigenvalue weighted by Crippen LogP contribution is -2.30. The van der Waals surface area contributed by atoms with E-state index in [9.17, 15) is 4.79 Å². The molecule has 7 heteroatoms. The van der Waals surface area contributed by atoms with Crippen LogP contribution in [0.5, 0.6) is 0 Å². The number of hydrogen-bond donors (Lipinski definition) is 2. The van der Waals surface area contributed by atoms with Crippen LogP contribution < -0.4 is 10.6 Å². The second-order valence-electron chi connectivity index (χ2n) is 4.95. The van der Waals surface area contributed by atoms with Gasteiger partial charge >= 0.3 is 0 Å². The Bertz CT molecular complexity index is 439. The Labute approximate surface area is 116 Å². The maximum atomic E-state index is 11.9. The van der Waals surface area contributed by atoms with Gasteiger partial charge in [-0.2, -0.15) is 16.7 Å². The molecule has 3 rings (SSSR count). The van der Waals surface area contributed by atoms with Crippen molar-refractivity contribution in [3.05, 3.63) is 11.7 Å². The molecule has 1 amide bonds. The van der Waals surface area contributed by atoms with Crippen LogP contribution in [-0.4, -0.2) is 40.1 Å². The van der Waals surface area contributed by atoms with Crippen LogP contribution in [0.4, 0.5) is 0 Å². The van der Waals surface area contributed by atoms with Gasteiger partial charge in [0.15, 0.2) is 0 Å². The molecule has 1 aromatic rings. The number of amides is 1. The number of hydrogen-bond acceptors (Lipinski definition) is 6. The molecule has 2 atom stereocenters. The van der Waals surface area contributed by atoms with Gasteiger partial charge < -0.3 is 15.2 Å². The zero-order chi connectivity index (χ0) is 13.1. The normalized spacial score (nSPS) is 26.7. The highest BCUT2D eigenvalue weighted by molar-refractivity contribution is 8.00. The zero-order valence-corrected chi connectivity index (χ0v) is 11.5. The summed E-state index contributed by atoms with van der Waals surface area (Å²) < 4.78 is 5.15.